The van der Waals surface area contributed by atoms with E-state index in [9.17, 15) is 9.90 Å². The van der Waals surface area contributed by atoms with Crippen molar-refractivity contribution in [3.63, 3.8) is 0 Å². The molecule has 1 unspecified atom stereocenters. The molecule has 3 nitrogen and oxygen atoms in total. The Bertz CT molecular complexity index is 608. The molecule has 0 aliphatic carbocycles. The maximum atomic E-state index is 12.8. The number of thiophene rings is 1. The number of carbonyl (C=O) groups is 1. The number of amides is 1. The first kappa shape index (κ1) is 14.3. The number of piperidine rings is 1. The first-order chi connectivity index (χ1) is 10.3. The Labute approximate surface area is 128 Å². The molecule has 0 radical (unpaired) electrons. The molecule has 1 aliphatic rings. The van der Waals surface area contributed by atoms with Crippen LogP contribution >= 0.6 is 11.3 Å². The first-order valence-electron chi connectivity index (χ1n) is 7.36. The molecule has 1 amide bonds. The molecule has 1 atom stereocenters. The van der Waals surface area contributed by atoms with Crippen molar-refractivity contribution in [3.05, 3.63) is 46.7 Å². The summed E-state index contributed by atoms with van der Waals surface area (Å²) in [6.45, 7) is 0.800. The van der Waals surface area contributed by atoms with E-state index >= 15 is 0 Å². The molecule has 2 heterocycles. The number of hydrogen-bond acceptors (Lipinski definition) is 3. The molecule has 1 aliphatic heterocycles. The fraction of sp³-hybridized carbons (Fsp3) is 0.353. The van der Waals surface area contributed by atoms with Crippen LogP contribution in [0.2, 0.25) is 0 Å². The van der Waals surface area contributed by atoms with Crippen LogP contribution < -0.4 is 0 Å². The van der Waals surface area contributed by atoms with E-state index in [0.29, 0.717) is 0 Å². The predicted octanol–water partition coefficient (Wildman–Crippen LogP) is 3.40. The summed E-state index contributed by atoms with van der Waals surface area (Å²) in [5.41, 5.74) is 2.06. The largest absolute Gasteiger partial charge is 0.394 e. The van der Waals surface area contributed by atoms with Crippen molar-refractivity contribution in [1.82, 2.24) is 4.90 Å². The summed E-state index contributed by atoms with van der Waals surface area (Å²) < 4.78 is 0. The Balaban J connectivity index is 1.90. The van der Waals surface area contributed by atoms with Gasteiger partial charge in [-0.1, -0.05) is 30.3 Å². The summed E-state index contributed by atoms with van der Waals surface area (Å²) in [4.78, 5) is 15.5. The summed E-state index contributed by atoms with van der Waals surface area (Å²) in [7, 11) is 0. The molecule has 1 fully saturated rings. The minimum absolute atomic E-state index is 0.0306. The summed E-state index contributed by atoms with van der Waals surface area (Å²) in [5.74, 6) is 0.0580. The minimum Gasteiger partial charge on any atom is -0.394 e. The normalized spacial score (nSPS) is 18.7. The number of nitrogens with zero attached hydrogens (tertiary/aromatic N) is 1. The average Bonchev–Trinajstić information content (AvgIpc) is 3.04. The van der Waals surface area contributed by atoms with Gasteiger partial charge in [0, 0.05) is 12.1 Å². The van der Waals surface area contributed by atoms with Crippen molar-refractivity contribution in [2.24, 2.45) is 0 Å². The molecule has 21 heavy (non-hydrogen) atoms. The van der Waals surface area contributed by atoms with Gasteiger partial charge in [-0.25, -0.2) is 0 Å². The standard InChI is InChI=1S/C17H19NO2S/c19-12-14-8-4-5-10-18(14)17(20)16-15(9-11-21-16)13-6-2-1-3-7-13/h1-3,6-7,9,11,14,19H,4-5,8,10,12H2. The Morgan fingerprint density at radius 2 is 2.05 bits per heavy atom. The van der Waals surface area contributed by atoms with Gasteiger partial charge in [-0.2, -0.15) is 0 Å². The van der Waals surface area contributed by atoms with Gasteiger partial charge < -0.3 is 10.0 Å². The number of aliphatic hydroxyl groups excluding tert-OH is 1. The number of benzene rings is 1. The fourth-order valence-corrected chi connectivity index (χ4v) is 3.78. The molecule has 1 saturated heterocycles. The van der Waals surface area contributed by atoms with Crippen molar-refractivity contribution < 1.29 is 9.90 Å². The second-order valence-electron chi connectivity index (χ2n) is 5.36. The highest BCUT2D eigenvalue weighted by atomic mass is 32.1. The third-order valence-corrected chi connectivity index (χ3v) is 4.95. The van der Waals surface area contributed by atoms with E-state index in [4.69, 9.17) is 0 Å². The number of hydrogen-bond donors (Lipinski definition) is 1. The lowest BCUT2D eigenvalue weighted by Crippen LogP contribution is -2.45. The zero-order valence-electron chi connectivity index (χ0n) is 11.9. The van der Waals surface area contributed by atoms with Crippen LogP contribution in [0.3, 0.4) is 0 Å². The molecule has 0 saturated carbocycles. The van der Waals surface area contributed by atoms with Crippen LogP contribution in [-0.4, -0.2) is 35.1 Å². The van der Waals surface area contributed by atoms with E-state index in [-0.39, 0.29) is 18.6 Å². The molecule has 0 bridgehead atoms. The van der Waals surface area contributed by atoms with Crippen LogP contribution in [0.15, 0.2) is 41.8 Å². The third kappa shape index (κ3) is 2.87. The summed E-state index contributed by atoms with van der Waals surface area (Å²) >= 11 is 1.49. The third-order valence-electron chi connectivity index (χ3n) is 4.04. The molecule has 1 N–H and O–H groups in total. The van der Waals surface area contributed by atoms with E-state index in [1.165, 1.54) is 11.3 Å². The number of likely N-dealkylation sites (tertiary alicyclic amines) is 1. The molecule has 4 heteroatoms. The second kappa shape index (κ2) is 6.41. The fourth-order valence-electron chi connectivity index (χ4n) is 2.91. The van der Waals surface area contributed by atoms with Crippen molar-refractivity contribution in [1.29, 1.82) is 0 Å². The molecule has 0 spiro atoms. The Kier molecular flexibility index (Phi) is 4.36. The quantitative estimate of drug-likeness (QED) is 0.944. The number of aliphatic hydroxyl groups is 1. The first-order valence-corrected chi connectivity index (χ1v) is 8.24. The van der Waals surface area contributed by atoms with Gasteiger partial charge in [0.05, 0.1) is 17.5 Å². The SMILES string of the molecule is O=C(c1sccc1-c1ccccc1)N1CCCCC1CO. The Morgan fingerprint density at radius 3 is 2.81 bits per heavy atom. The Hall–Kier alpha value is -1.65. The molecule has 2 aromatic rings. The maximum Gasteiger partial charge on any atom is 0.264 e. The zero-order valence-corrected chi connectivity index (χ0v) is 12.7. The highest BCUT2D eigenvalue weighted by Gasteiger charge is 2.29. The van der Waals surface area contributed by atoms with Crippen LogP contribution in [-0.2, 0) is 0 Å². The van der Waals surface area contributed by atoms with Gasteiger partial charge in [0.15, 0.2) is 0 Å². The molecule has 3 rings (SSSR count). The zero-order chi connectivity index (χ0) is 14.7. The van der Waals surface area contributed by atoms with Crippen molar-refractivity contribution >= 4 is 17.2 Å². The second-order valence-corrected chi connectivity index (χ2v) is 6.28. The summed E-state index contributed by atoms with van der Waals surface area (Å²) in [5, 5.41) is 11.5. The van der Waals surface area contributed by atoms with Gasteiger partial charge in [-0.3, -0.25) is 4.79 Å². The molecule has 1 aromatic heterocycles. The molecule has 110 valence electrons. The highest BCUT2D eigenvalue weighted by Crippen LogP contribution is 2.31. The smallest absolute Gasteiger partial charge is 0.264 e. The van der Waals surface area contributed by atoms with Crippen LogP contribution in [0.4, 0.5) is 0 Å². The molecular weight excluding hydrogens is 282 g/mol. The molecular formula is C17H19NO2S. The lowest BCUT2D eigenvalue weighted by Gasteiger charge is -2.34. The van der Waals surface area contributed by atoms with E-state index < -0.39 is 0 Å². The Morgan fingerprint density at radius 1 is 1.24 bits per heavy atom. The van der Waals surface area contributed by atoms with E-state index in [0.717, 1.165) is 41.8 Å². The van der Waals surface area contributed by atoms with Crippen molar-refractivity contribution in [2.45, 2.75) is 25.3 Å². The van der Waals surface area contributed by atoms with Gasteiger partial charge in [-0.15, -0.1) is 11.3 Å². The number of rotatable bonds is 3. The highest BCUT2D eigenvalue weighted by molar-refractivity contribution is 7.12. The van der Waals surface area contributed by atoms with Crippen LogP contribution in [0.1, 0.15) is 28.9 Å². The average molecular weight is 301 g/mol. The minimum atomic E-state index is -0.0306. The van der Waals surface area contributed by atoms with Crippen LogP contribution in [0.5, 0.6) is 0 Å². The van der Waals surface area contributed by atoms with Crippen molar-refractivity contribution in [3.8, 4) is 11.1 Å². The summed E-state index contributed by atoms with van der Waals surface area (Å²) in [6, 6.07) is 12.0. The van der Waals surface area contributed by atoms with E-state index in [1.54, 1.807) is 0 Å². The van der Waals surface area contributed by atoms with Crippen LogP contribution in [0, 0.1) is 0 Å². The van der Waals surface area contributed by atoms with Gasteiger partial charge >= 0.3 is 0 Å². The van der Waals surface area contributed by atoms with Crippen molar-refractivity contribution in [2.75, 3.05) is 13.2 Å². The van der Waals surface area contributed by atoms with Gasteiger partial charge in [0.2, 0.25) is 0 Å². The lowest BCUT2D eigenvalue weighted by atomic mass is 10.0. The lowest BCUT2D eigenvalue weighted by molar-refractivity contribution is 0.0508. The topological polar surface area (TPSA) is 40.5 Å². The van der Waals surface area contributed by atoms with Gasteiger partial charge in [-0.05, 0) is 36.3 Å². The maximum absolute atomic E-state index is 12.8. The molecule has 1 aromatic carbocycles. The van der Waals surface area contributed by atoms with Gasteiger partial charge in [0.1, 0.15) is 0 Å². The van der Waals surface area contributed by atoms with E-state index in [2.05, 4.69) is 0 Å². The predicted molar refractivity (Wildman–Crippen MR) is 85.5 cm³/mol. The number of carbonyl (C=O) groups excluding carboxylic acids is 1. The van der Waals surface area contributed by atoms with Gasteiger partial charge in [0.25, 0.3) is 5.91 Å². The summed E-state index contributed by atoms with van der Waals surface area (Å²) in [6.07, 6.45) is 3.01. The van der Waals surface area contributed by atoms with Crippen LogP contribution in [0.25, 0.3) is 11.1 Å². The monoisotopic (exact) mass is 301 g/mol. The van der Waals surface area contributed by atoms with E-state index in [1.807, 2.05) is 46.7 Å².